The molecular formula is C6H6BO4. The van der Waals surface area contributed by atoms with Crippen LogP contribution in [0, 0.1) is 0 Å². The molecule has 0 aromatic heterocycles. The van der Waals surface area contributed by atoms with Crippen LogP contribution >= 0.6 is 0 Å². The van der Waals surface area contributed by atoms with Crippen molar-refractivity contribution in [3.8, 4) is 0 Å². The third-order valence-electron chi connectivity index (χ3n) is 2.23. The molecule has 4 nitrogen and oxygen atoms in total. The van der Waals surface area contributed by atoms with E-state index in [9.17, 15) is 9.59 Å². The van der Waals surface area contributed by atoms with Crippen LogP contribution in [0.15, 0.2) is 0 Å². The van der Waals surface area contributed by atoms with Crippen molar-refractivity contribution in [2.75, 3.05) is 0 Å². The maximum atomic E-state index is 10.7. The van der Waals surface area contributed by atoms with Crippen molar-refractivity contribution in [2.24, 2.45) is 0 Å². The van der Waals surface area contributed by atoms with Crippen LogP contribution in [-0.4, -0.2) is 30.2 Å². The smallest absolute Gasteiger partial charge is 0.417 e. The van der Waals surface area contributed by atoms with E-state index in [1.165, 1.54) is 0 Å². The first-order valence-electron chi connectivity index (χ1n) is 3.30. The highest BCUT2D eigenvalue weighted by Gasteiger charge is 2.72. The standard InChI is InChI=1S/C6H6BO4/c1-5-6(2,7-5)11-4(9)3(8)10-5/h1-2H3/t5-,6?/m0/s1. The first-order chi connectivity index (χ1) is 4.97. The number of esters is 2. The van der Waals surface area contributed by atoms with Gasteiger partial charge in [0.1, 0.15) is 11.0 Å². The van der Waals surface area contributed by atoms with E-state index < -0.39 is 22.9 Å². The van der Waals surface area contributed by atoms with Gasteiger partial charge in [0, 0.05) is 0 Å². The van der Waals surface area contributed by atoms with E-state index in [2.05, 4.69) is 0 Å². The van der Waals surface area contributed by atoms with Crippen LogP contribution in [0.25, 0.3) is 0 Å². The van der Waals surface area contributed by atoms with Crippen molar-refractivity contribution in [3.63, 3.8) is 0 Å². The van der Waals surface area contributed by atoms with Gasteiger partial charge in [0.15, 0.2) is 0 Å². The topological polar surface area (TPSA) is 52.6 Å². The first kappa shape index (κ1) is 6.70. The van der Waals surface area contributed by atoms with Crippen molar-refractivity contribution >= 4 is 19.2 Å². The maximum Gasteiger partial charge on any atom is 0.417 e. The van der Waals surface area contributed by atoms with Crippen LogP contribution < -0.4 is 0 Å². The number of hydrogen-bond donors (Lipinski definition) is 0. The van der Waals surface area contributed by atoms with E-state index in [4.69, 9.17) is 9.47 Å². The molecule has 5 heteroatoms. The maximum absolute atomic E-state index is 10.7. The Morgan fingerprint density at radius 1 is 1.09 bits per heavy atom. The molecule has 2 rings (SSSR count). The summed E-state index contributed by atoms with van der Waals surface area (Å²) in [5, 5.41) is 0. The van der Waals surface area contributed by atoms with Crippen LogP contribution in [0.1, 0.15) is 13.8 Å². The zero-order valence-corrected chi connectivity index (χ0v) is 6.21. The minimum absolute atomic E-state index is 0.683. The van der Waals surface area contributed by atoms with Crippen LogP contribution in [0.3, 0.4) is 0 Å². The van der Waals surface area contributed by atoms with Gasteiger partial charge in [0.05, 0.1) is 0 Å². The second-order valence-electron chi connectivity index (χ2n) is 3.14. The zero-order chi connectivity index (χ0) is 8.28. The summed E-state index contributed by atoms with van der Waals surface area (Å²) < 4.78 is 9.59. The first-order valence-corrected chi connectivity index (χ1v) is 3.30. The molecule has 2 saturated heterocycles. The van der Waals surface area contributed by atoms with Gasteiger partial charge in [0.25, 0.3) is 0 Å². The van der Waals surface area contributed by atoms with Gasteiger partial charge in [-0.25, -0.2) is 9.59 Å². The number of ether oxygens (including phenoxy) is 2. The lowest BCUT2D eigenvalue weighted by Gasteiger charge is -2.25. The fraction of sp³-hybridized carbons (Fsp3) is 0.667. The number of fused-ring (bicyclic) bond motifs is 1. The molecule has 57 valence electrons. The monoisotopic (exact) mass is 153 g/mol. The number of carbonyl (C=O) groups is 2. The second-order valence-corrected chi connectivity index (χ2v) is 3.14. The van der Waals surface area contributed by atoms with Crippen LogP contribution in [0.2, 0.25) is 0 Å². The lowest BCUT2D eigenvalue weighted by atomic mass is 9.97. The summed E-state index contributed by atoms with van der Waals surface area (Å²) in [5.74, 6) is -1.81. The van der Waals surface area contributed by atoms with Gasteiger partial charge in [-0.1, -0.05) is 0 Å². The predicted octanol–water partition coefficient (Wildman–Crippen LogP) is -0.763. The third-order valence-corrected chi connectivity index (χ3v) is 2.23. The lowest BCUT2D eigenvalue weighted by Crippen LogP contribution is -2.41. The highest BCUT2D eigenvalue weighted by atomic mass is 16.7. The van der Waals surface area contributed by atoms with E-state index in [1.54, 1.807) is 21.1 Å². The molecule has 2 aliphatic rings. The Morgan fingerprint density at radius 3 is 1.82 bits per heavy atom. The van der Waals surface area contributed by atoms with Gasteiger partial charge in [-0.05, 0) is 13.8 Å². The fourth-order valence-electron chi connectivity index (χ4n) is 1.22. The summed E-state index contributed by atoms with van der Waals surface area (Å²) in [6.45, 7) is 3.41. The van der Waals surface area contributed by atoms with E-state index in [1.807, 2.05) is 0 Å². The van der Waals surface area contributed by atoms with Crippen molar-refractivity contribution in [1.29, 1.82) is 0 Å². The molecule has 11 heavy (non-hydrogen) atoms. The number of hydrogen-bond acceptors (Lipinski definition) is 4. The Kier molecular flexibility index (Phi) is 0.878. The Hall–Kier alpha value is -0.995. The van der Waals surface area contributed by atoms with Gasteiger partial charge in [-0.2, -0.15) is 0 Å². The Bertz CT molecular complexity index is 237. The fourth-order valence-corrected chi connectivity index (χ4v) is 1.22. The van der Waals surface area contributed by atoms with E-state index >= 15 is 0 Å². The number of carbonyl (C=O) groups excluding carboxylic acids is 2. The van der Waals surface area contributed by atoms with Gasteiger partial charge in [-0.15, -0.1) is 0 Å². The largest absolute Gasteiger partial charge is 0.457 e. The number of rotatable bonds is 0. The molecule has 2 fully saturated rings. The zero-order valence-electron chi connectivity index (χ0n) is 6.21. The molecule has 0 aliphatic carbocycles. The summed E-state index contributed by atoms with van der Waals surface area (Å²) in [6.07, 6.45) is 0. The van der Waals surface area contributed by atoms with Gasteiger partial charge in [-0.3, -0.25) is 0 Å². The highest BCUT2D eigenvalue weighted by molar-refractivity contribution is 6.61. The van der Waals surface area contributed by atoms with Gasteiger partial charge < -0.3 is 9.47 Å². The molecule has 2 aliphatic heterocycles. The quantitative estimate of drug-likeness (QED) is 0.260. The molecule has 0 spiro atoms. The molecule has 1 unspecified atom stereocenters. The predicted molar refractivity (Wildman–Crippen MR) is 34.7 cm³/mol. The van der Waals surface area contributed by atoms with Crippen molar-refractivity contribution in [1.82, 2.24) is 0 Å². The minimum Gasteiger partial charge on any atom is -0.457 e. The van der Waals surface area contributed by atoms with Crippen LogP contribution in [-0.2, 0) is 19.1 Å². The van der Waals surface area contributed by atoms with Gasteiger partial charge >= 0.3 is 11.9 Å². The second kappa shape index (κ2) is 1.44. The average Bonchev–Trinajstić information content (AvgIpc) is 2.33. The van der Waals surface area contributed by atoms with E-state index in [0.717, 1.165) is 0 Å². The molecule has 1 radical (unpaired) electrons. The Balaban J connectivity index is 2.28. The molecule has 2 atom stereocenters. The minimum atomic E-state index is -0.904. The van der Waals surface area contributed by atoms with Gasteiger partial charge in [0.2, 0.25) is 7.28 Å². The average molecular weight is 153 g/mol. The Morgan fingerprint density at radius 2 is 1.45 bits per heavy atom. The SMILES string of the molecule is CC12[B][C@@]1(C)OC(=O)C(=O)O2. The summed E-state index contributed by atoms with van der Waals surface area (Å²) in [7, 11) is 1.68. The lowest BCUT2D eigenvalue weighted by molar-refractivity contribution is -0.191. The summed E-state index contributed by atoms with van der Waals surface area (Å²) >= 11 is 0. The van der Waals surface area contributed by atoms with Crippen molar-refractivity contribution in [2.45, 2.75) is 24.8 Å². The summed E-state index contributed by atoms with van der Waals surface area (Å²) in [5.41, 5.74) is -1.37. The third kappa shape index (κ3) is 0.653. The molecule has 0 aromatic rings. The van der Waals surface area contributed by atoms with Crippen LogP contribution in [0.4, 0.5) is 0 Å². The van der Waals surface area contributed by atoms with Crippen LogP contribution in [0.5, 0.6) is 0 Å². The molecule has 0 N–H and O–H groups in total. The molecule has 0 bridgehead atoms. The molecule has 2 heterocycles. The normalized spacial score (nSPS) is 46.7. The molecular weight excluding hydrogens is 147 g/mol. The van der Waals surface area contributed by atoms with E-state index in [0.29, 0.717) is 0 Å². The summed E-state index contributed by atoms with van der Waals surface area (Å²) in [4.78, 5) is 21.3. The molecule has 0 saturated carbocycles. The van der Waals surface area contributed by atoms with Crippen molar-refractivity contribution in [3.05, 3.63) is 0 Å². The van der Waals surface area contributed by atoms with E-state index in [-0.39, 0.29) is 0 Å². The van der Waals surface area contributed by atoms with Crippen molar-refractivity contribution < 1.29 is 19.1 Å². The summed E-state index contributed by atoms with van der Waals surface area (Å²) in [6, 6.07) is 0. The Labute approximate surface area is 64.1 Å². The highest BCUT2D eigenvalue weighted by Crippen LogP contribution is 2.47. The molecule has 0 amide bonds. The molecule has 0 aromatic carbocycles.